The van der Waals surface area contributed by atoms with Gasteiger partial charge in [-0.15, -0.1) is 13.2 Å². The Morgan fingerprint density at radius 1 is 1.14 bits per heavy atom. The molecule has 21 heavy (non-hydrogen) atoms. The molecule has 0 saturated heterocycles. The van der Waals surface area contributed by atoms with Gasteiger partial charge in [0.15, 0.2) is 0 Å². The van der Waals surface area contributed by atoms with Crippen LogP contribution >= 0.6 is 0 Å². The Balaban J connectivity index is 4.48. The van der Waals surface area contributed by atoms with E-state index in [4.69, 9.17) is 14.5 Å². The van der Waals surface area contributed by atoms with E-state index in [-0.39, 0.29) is 12.0 Å². The lowest BCUT2D eigenvalue weighted by atomic mass is 9.98. The minimum Gasteiger partial charge on any atom is -0.347 e. The van der Waals surface area contributed by atoms with Crippen molar-refractivity contribution in [3.63, 3.8) is 0 Å². The molecule has 3 nitrogen and oxygen atoms in total. The lowest BCUT2D eigenvalue weighted by Crippen LogP contribution is -2.40. The zero-order valence-corrected chi connectivity index (χ0v) is 14.1. The summed E-state index contributed by atoms with van der Waals surface area (Å²) in [7, 11) is 0. The maximum absolute atomic E-state index is 5.93. The van der Waals surface area contributed by atoms with Crippen LogP contribution in [0.25, 0.3) is 0 Å². The quantitative estimate of drug-likeness (QED) is 0.154. The average molecular weight is 296 g/mol. The van der Waals surface area contributed by atoms with Crippen molar-refractivity contribution >= 4 is 0 Å². The van der Waals surface area contributed by atoms with E-state index in [2.05, 4.69) is 26.2 Å². The van der Waals surface area contributed by atoms with Crippen LogP contribution in [0.1, 0.15) is 53.4 Å². The van der Waals surface area contributed by atoms with E-state index in [1.165, 1.54) is 0 Å². The maximum Gasteiger partial charge on any atom is 0.201 e. The topological polar surface area (TPSA) is 27.7 Å². The third-order valence-corrected chi connectivity index (χ3v) is 3.48. The van der Waals surface area contributed by atoms with E-state index in [1.807, 2.05) is 39.0 Å². The molecule has 0 aliphatic carbocycles. The second-order valence-corrected chi connectivity index (χ2v) is 5.50. The first-order valence-electron chi connectivity index (χ1n) is 7.81. The number of allylic oxidation sites excluding steroid dienone is 3. The van der Waals surface area contributed by atoms with Crippen molar-refractivity contribution in [2.24, 2.45) is 5.92 Å². The highest BCUT2D eigenvalue weighted by molar-refractivity contribution is 4.81. The first kappa shape index (κ1) is 20.1. The summed E-state index contributed by atoms with van der Waals surface area (Å²) in [4.78, 5) is 11.2. The Kier molecular flexibility index (Phi) is 11.2. The van der Waals surface area contributed by atoms with Crippen molar-refractivity contribution in [1.29, 1.82) is 0 Å². The third-order valence-electron chi connectivity index (χ3n) is 3.48. The van der Waals surface area contributed by atoms with Gasteiger partial charge >= 0.3 is 0 Å². The Bertz CT molecular complexity index is 312. The number of hydrogen-bond donors (Lipinski definition) is 0. The maximum atomic E-state index is 5.93. The molecule has 0 heterocycles. The molecule has 0 fully saturated rings. The highest BCUT2D eigenvalue weighted by atomic mass is 17.2. The molecule has 0 aromatic heterocycles. The highest BCUT2D eigenvalue weighted by Crippen LogP contribution is 2.28. The fourth-order valence-electron chi connectivity index (χ4n) is 1.79. The molecule has 0 spiro atoms. The monoisotopic (exact) mass is 296 g/mol. The standard InChI is InChI=1S/C18H32O3/c1-7-10-12-15-19-18(6,16(4)13-9-3)21-20-17(5)14-11-8-2/h7-10,16-17H,2-3,11-15H2,1,4-6H3. The summed E-state index contributed by atoms with van der Waals surface area (Å²) in [6.07, 6.45) is 11.3. The minimum absolute atomic E-state index is 0.0115. The van der Waals surface area contributed by atoms with Gasteiger partial charge in [-0.1, -0.05) is 31.2 Å². The molecular weight excluding hydrogens is 264 g/mol. The Hall–Kier alpha value is -0.900. The van der Waals surface area contributed by atoms with Gasteiger partial charge in [-0.3, -0.25) is 0 Å². The lowest BCUT2D eigenvalue weighted by Gasteiger charge is -2.34. The molecule has 122 valence electrons. The van der Waals surface area contributed by atoms with Gasteiger partial charge in [0.05, 0.1) is 12.7 Å². The zero-order valence-electron chi connectivity index (χ0n) is 14.1. The van der Waals surface area contributed by atoms with Gasteiger partial charge in [0, 0.05) is 5.92 Å². The fourth-order valence-corrected chi connectivity index (χ4v) is 1.79. The van der Waals surface area contributed by atoms with Crippen molar-refractivity contribution in [3.05, 3.63) is 37.5 Å². The van der Waals surface area contributed by atoms with Crippen LogP contribution in [-0.2, 0) is 14.5 Å². The largest absolute Gasteiger partial charge is 0.347 e. The second kappa shape index (κ2) is 11.7. The summed E-state index contributed by atoms with van der Waals surface area (Å²) in [6, 6.07) is 0. The van der Waals surface area contributed by atoms with E-state index >= 15 is 0 Å². The third kappa shape index (κ3) is 8.86. The molecule has 0 N–H and O–H groups in total. The van der Waals surface area contributed by atoms with E-state index in [0.29, 0.717) is 6.61 Å². The van der Waals surface area contributed by atoms with Gasteiger partial charge in [0.2, 0.25) is 5.79 Å². The van der Waals surface area contributed by atoms with Gasteiger partial charge in [0.1, 0.15) is 0 Å². The first-order chi connectivity index (χ1) is 10.00. The predicted octanol–water partition coefficient (Wildman–Crippen LogP) is 5.20. The normalized spacial score (nSPS) is 17.3. The lowest BCUT2D eigenvalue weighted by molar-refractivity contribution is -0.450. The van der Waals surface area contributed by atoms with Crippen LogP contribution in [0.15, 0.2) is 37.5 Å². The van der Waals surface area contributed by atoms with Crippen LogP contribution < -0.4 is 0 Å². The summed E-state index contributed by atoms with van der Waals surface area (Å²) < 4.78 is 5.93. The van der Waals surface area contributed by atoms with Crippen molar-refractivity contribution in [3.8, 4) is 0 Å². The van der Waals surface area contributed by atoms with Crippen molar-refractivity contribution in [1.82, 2.24) is 0 Å². The molecule has 3 unspecified atom stereocenters. The van der Waals surface area contributed by atoms with Crippen LogP contribution in [0.3, 0.4) is 0 Å². The molecule has 0 aliphatic heterocycles. The van der Waals surface area contributed by atoms with Crippen molar-refractivity contribution in [2.45, 2.75) is 65.3 Å². The molecular formula is C18H32O3. The molecule has 0 amide bonds. The summed E-state index contributed by atoms with van der Waals surface area (Å²) >= 11 is 0. The van der Waals surface area contributed by atoms with Gasteiger partial charge in [-0.25, -0.2) is 9.78 Å². The molecule has 0 radical (unpaired) electrons. The minimum atomic E-state index is -0.766. The molecule has 0 saturated carbocycles. The smallest absolute Gasteiger partial charge is 0.201 e. The second-order valence-electron chi connectivity index (χ2n) is 5.50. The summed E-state index contributed by atoms with van der Waals surface area (Å²) in [5.74, 6) is -0.606. The SMILES string of the molecule is C=CCCC(C)OOC(C)(OCCC=CC)C(C)CC=C. The molecule has 0 aliphatic rings. The van der Waals surface area contributed by atoms with E-state index in [1.54, 1.807) is 0 Å². The van der Waals surface area contributed by atoms with Crippen LogP contribution in [-0.4, -0.2) is 18.5 Å². The zero-order chi connectivity index (χ0) is 16.1. The average Bonchev–Trinajstić information content (AvgIpc) is 2.47. The van der Waals surface area contributed by atoms with E-state index < -0.39 is 5.79 Å². The van der Waals surface area contributed by atoms with Gasteiger partial charge in [-0.2, -0.15) is 0 Å². The van der Waals surface area contributed by atoms with Gasteiger partial charge < -0.3 is 4.74 Å². The number of hydrogen-bond acceptors (Lipinski definition) is 3. The molecule has 0 rings (SSSR count). The van der Waals surface area contributed by atoms with Gasteiger partial charge in [0.25, 0.3) is 0 Å². The van der Waals surface area contributed by atoms with Crippen LogP contribution in [0.2, 0.25) is 0 Å². The fraction of sp³-hybridized carbons (Fsp3) is 0.667. The summed E-state index contributed by atoms with van der Waals surface area (Å²) in [5, 5.41) is 0. The van der Waals surface area contributed by atoms with Crippen LogP contribution in [0, 0.1) is 5.92 Å². The number of ether oxygens (including phenoxy) is 1. The molecule has 0 aromatic rings. The van der Waals surface area contributed by atoms with Crippen molar-refractivity contribution in [2.75, 3.05) is 6.61 Å². The molecule has 0 bridgehead atoms. The summed E-state index contributed by atoms with van der Waals surface area (Å²) in [6.45, 7) is 16.1. The van der Waals surface area contributed by atoms with Crippen LogP contribution in [0.5, 0.6) is 0 Å². The Labute approximate surface area is 130 Å². The van der Waals surface area contributed by atoms with Gasteiger partial charge in [-0.05, 0) is 46.5 Å². The Morgan fingerprint density at radius 3 is 2.43 bits per heavy atom. The highest BCUT2D eigenvalue weighted by Gasteiger charge is 2.34. The number of rotatable bonds is 13. The summed E-state index contributed by atoms with van der Waals surface area (Å²) in [5.41, 5.74) is 0. The molecule has 0 aromatic carbocycles. The van der Waals surface area contributed by atoms with E-state index in [0.717, 1.165) is 25.7 Å². The Morgan fingerprint density at radius 2 is 1.86 bits per heavy atom. The van der Waals surface area contributed by atoms with Crippen molar-refractivity contribution < 1.29 is 14.5 Å². The molecule has 3 heteroatoms. The van der Waals surface area contributed by atoms with E-state index in [9.17, 15) is 0 Å². The predicted molar refractivity (Wildman–Crippen MR) is 88.8 cm³/mol. The first-order valence-corrected chi connectivity index (χ1v) is 7.81. The molecule has 3 atom stereocenters. The van der Waals surface area contributed by atoms with Crippen LogP contribution in [0.4, 0.5) is 0 Å².